The predicted molar refractivity (Wildman–Crippen MR) is 115 cm³/mol. The molecule has 0 aliphatic rings. The lowest BCUT2D eigenvalue weighted by Crippen LogP contribution is -2.33. The molecule has 1 heterocycles. The summed E-state index contributed by atoms with van der Waals surface area (Å²) in [7, 11) is 0. The van der Waals surface area contributed by atoms with E-state index >= 15 is 0 Å². The van der Waals surface area contributed by atoms with Crippen molar-refractivity contribution in [3.05, 3.63) is 65.0 Å². The average molecular weight is 427 g/mol. The van der Waals surface area contributed by atoms with Gasteiger partial charge in [-0.15, -0.1) is 10.2 Å². The fourth-order valence-electron chi connectivity index (χ4n) is 3.00. The topological polar surface area (TPSA) is 88.3 Å². The molecule has 0 spiro atoms. The van der Waals surface area contributed by atoms with Crippen LogP contribution < -0.4 is 5.32 Å². The number of hydrogen-bond donors (Lipinski definition) is 1. The Morgan fingerprint density at radius 3 is 2.67 bits per heavy atom. The van der Waals surface area contributed by atoms with Gasteiger partial charge in [-0.2, -0.15) is 0 Å². The highest BCUT2D eigenvalue weighted by Crippen LogP contribution is 2.26. The summed E-state index contributed by atoms with van der Waals surface area (Å²) in [6.45, 7) is 4.70. The largest absolute Gasteiger partial charge is 0.419 e. The highest BCUT2D eigenvalue weighted by atomic mass is 35.5. The fraction of sp³-hybridized carbons (Fsp3) is 0.273. The molecule has 0 saturated heterocycles. The summed E-state index contributed by atoms with van der Waals surface area (Å²) in [6, 6.07) is 14.1. The van der Waals surface area contributed by atoms with E-state index in [2.05, 4.69) is 15.5 Å². The van der Waals surface area contributed by atoms with Crippen molar-refractivity contribution in [1.29, 1.82) is 0 Å². The van der Waals surface area contributed by atoms with Crippen molar-refractivity contribution >= 4 is 29.0 Å². The van der Waals surface area contributed by atoms with Gasteiger partial charge in [-0.3, -0.25) is 14.5 Å². The third kappa shape index (κ3) is 5.75. The molecule has 1 aromatic heterocycles. The summed E-state index contributed by atoms with van der Waals surface area (Å²) >= 11 is 6.19. The van der Waals surface area contributed by atoms with Crippen molar-refractivity contribution in [3.8, 4) is 11.5 Å². The minimum atomic E-state index is -0.185. The van der Waals surface area contributed by atoms with Gasteiger partial charge in [0.2, 0.25) is 17.7 Å². The van der Waals surface area contributed by atoms with Crippen molar-refractivity contribution < 1.29 is 14.0 Å². The molecule has 156 valence electrons. The van der Waals surface area contributed by atoms with Crippen LogP contribution in [0.25, 0.3) is 11.5 Å². The molecule has 0 atom stereocenters. The van der Waals surface area contributed by atoms with Crippen LogP contribution in [0.4, 0.5) is 5.69 Å². The SMILES string of the molecule is CCCN(CC(=O)Nc1cccc(C(C)=O)c1)Cc1nnc(-c2ccccc2Cl)o1. The van der Waals surface area contributed by atoms with Crippen LogP contribution in [0.3, 0.4) is 0 Å². The Hall–Kier alpha value is -3.03. The van der Waals surface area contributed by atoms with E-state index in [9.17, 15) is 9.59 Å². The minimum absolute atomic E-state index is 0.0515. The van der Waals surface area contributed by atoms with Gasteiger partial charge < -0.3 is 9.73 Å². The molecule has 0 unspecified atom stereocenters. The van der Waals surface area contributed by atoms with Crippen LogP contribution in [0.1, 0.15) is 36.5 Å². The van der Waals surface area contributed by atoms with E-state index in [1.54, 1.807) is 30.3 Å². The number of carbonyl (C=O) groups excluding carboxylic acids is 2. The van der Waals surface area contributed by atoms with E-state index in [0.717, 1.165) is 6.42 Å². The molecule has 3 aromatic rings. The van der Waals surface area contributed by atoms with Crippen molar-refractivity contribution in [1.82, 2.24) is 15.1 Å². The first-order valence-corrected chi connectivity index (χ1v) is 10.0. The molecule has 0 saturated carbocycles. The number of nitrogens with one attached hydrogen (secondary N) is 1. The van der Waals surface area contributed by atoms with Gasteiger partial charge in [0.25, 0.3) is 0 Å². The first kappa shape index (κ1) is 21.7. The van der Waals surface area contributed by atoms with Gasteiger partial charge in [-0.25, -0.2) is 0 Å². The average Bonchev–Trinajstić information content (AvgIpc) is 3.16. The molecular weight excluding hydrogens is 404 g/mol. The van der Waals surface area contributed by atoms with E-state index in [1.165, 1.54) is 6.92 Å². The number of halogens is 1. The Labute approximate surface area is 180 Å². The smallest absolute Gasteiger partial charge is 0.249 e. The van der Waals surface area contributed by atoms with Crippen molar-refractivity contribution in [2.24, 2.45) is 0 Å². The van der Waals surface area contributed by atoms with E-state index in [4.69, 9.17) is 16.0 Å². The van der Waals surface area contributed by atoms with E-state index in [-0.39, 0.29) is 18.2 Å². The molecule has 1 N–H and O–H groups in total. The van der Waals surface area contributed by atoms with Gasteiger partial charge in [0.15, 0.2) is 5.78 Å². The fourth-order valence-corrected chi connectivity index (χ4v) is 3.22. The van der Waals surface area contributed by atoms with Gasteiger partial charge in [-0.05, 0) is 44.2 Å². The Balaban J connectivity index is 1.65. The molecule has 0 aliphatic heterocycles. The predicted octanol–water partition coefficient (Wildman–Crippen LogP) is 4.44. The van der Waals surface area contributed by atoms with Gasteiger partial charge >= 0.3 is 0 Å². The molecule has 1 amide bonds. The Bertz CT molecular complexity index is 1030. The lowest BCUT2D eigenvalue weighted by Gasteiger charge is -2.19. The van der Waals surface area contributed by atoms with Crippen LogP contribution in [-0.4, -0.2) is 39.9 Å². The standard InChI is InChI=1S/C22H23ClN4O3/c1-3-11-27(13-20(29)24-17-8-6-7-16(12-17)15(2)28)14-21-25-26-22(30-21)18-9-4-5-10-19(18)23/h4-10,12H,3,11,13-14H2,1-2H3,(H,24,29). The maximum atomic E-state index is 12.5. The third-order valence-corrected chi connectivity index (χ3v) is 4.72. The van der Waals surface area contributed by atoms with Crippen molar-refractivity contribution in [2.75, 3.05) is 18.4 Å². The minimum Gasteiger partial charge on any atom is -0.419 e. The monoisotopic (exact) mass is 426 g/mol. The first-order chi connectivity index (χ1) is 14.5. The lowest BCUT2D eigenvalue weighted by molar-refractivity contribution is -0.117. The Morgan fingerprint density at radius 1 is 1.13 bits per heavy atom. The summed E-state index contributed by atoms with van der Waals surface area (Å²) in [4.78, 5) is 26.0. The molecule has 0 aliphatic carbocycles. The summed E-state index contributed by atoms with van der Waals surface area (Å²) in [5.74, 6) is 0.515. The highest BCUT2D eigenvalue weighted by molar-refractivity contribution is 6.33. The van der Waals surface area contributed by atoms with Crippen molar-refractivity contribution in [3.63, 3.8) is 0 Å². The molecule has 0 radical (unpaired) electrons. The summed E-state index contributed by atoms with van der Waals surface area (Å²) in [5, 5.41) is 11.5. The van der Waals surface area contributed by atoms with E-state index < -0.39 is 0 Å². The summed E-state index contributed by atoms with van der Waals surface area (Å²) in [6.07, 6.45) is 0.860. The van der Waals surface area contributed by atoms with Gasteiger partial charge in [0.1, 0.15) is 0 Å². The summed E-state index contributed by atoms with van der Waals surface area (Å²) < 4.78 is 5.75. The van der Waals surface area contributed by atoms with E-state index in [1.807, 2.05) is 30.0 Å². The third-order valence-electron chi connectivity index (χ3n) is 4.39. The zero-order valence-electron chi connectivity index (χ0n) is 16.9. The molecule has 2 aromatic carbocycles. The number of nitrogens with zero attached hydrogens (tertiary/aromatic N) is 3. The molecule has 30 heavy (non-hydrogen) atoms. The number of hydrogen-bond acceptors (Lipinski definition) is 6. The number of benzene rings is 2. The second kappa shape index (κ2) is 10.1. The number of aromatic nitrogens is 2. The lowest BCUT2D eigenvalue weighted by atomic mass is 10.1. The van der Waals surface area contributed by atoms with Gasteiger partial charge in [0.05, 0.1) is 23.7 Å². The second-order valence-corrected chi connectivity index (χ2v) is 7.28. The number of ketones is 1. The normalized spacial score (nSPS) is 10.9. The van der Waals surface area contributed by atoms with Crippen LogP contribution >= 0.6 is 11.6 Å². The van der Waals surface area contributed by atoms with Crippen LogP contribution in [-0.2, 0) is 11.3 Å². The Morgan fingerprint density at radius 2 is 1.93 bits per heavy atom. The first-order valence-electron chi connectivity index (χ1n) is 9.66. The zero-order valence-corrected chi connectivity index (χ0v) is 17.6. The van der Waals surface area contributed by atoms with Gasteiger partial charge in [0, 0.05) is 11.3 Å². The molecule has 3 rings (SSSR count). The number of anilines is 1. The maximum Gasteiger partial charge on any atom is 0.249 e. The number of amides is 1. The number of rotatable bonds is 9. The van der Waals surface area contributed by atoms with Crippen LogP contribution in [0.5, 0.6) is 0 Å². The molecular formula is C22H23ClN4O3. The van der Waals surface area contributed by atoms with Gasteiger partial charge in [-0.1, -0.05) is 42.8 Å². The number of Topliss-reactive ketones (excluding diaryl/α,β-unsaturated/α-hetero) is 1. The van der Waals surface area contributed by atoms with Crippen LogP contribution in [0.15, 0.2) is 52.9 Å². The second-order valence-electron chi connectivity index (χ2n) is 6.88. The Kier molecular flexibility index (Phi) is 7.32. The molecule has 8 heteroatoms. The molecule has 7 nitrogen and oxygen atoms in total. The number of carbonyl (C=O) groups is 2. The maximum absolute atomic E-state index is 12.5. The summed E-state index contributed by atoms with van der Waals surface area (Å²) in [5.41, 5.74) is 1.81. The quantitative estimate of drug-likeness (QED) is 0.509. The van der Waals surface area contributed by atoms with Crippen LogP contribution in [0, 0.1) is 0 Å². The highest BCUT2D eigenvalue weighted by Gasteiger charge is 2.17. The zero-order chi connectivity index (χ0) is 21.5. The van der Waals surface area contributed by atoms with Crippen molar-refractivity contribution in [2.45, 2.75) is 26.8 Å². The van der Waals surface area contributed by atoms with E-state index in [0.29, 0.717) is 46.7 Å². The molecule has 0 bridgehead atoms. The molecule has 0 fully saturated rings. The van der Waals surface area contributed by atoms with Crippen LogP contribution in [0.2, 0.25) is 5.02 Å².